The van der Waals surface area contributed by atoms with Gasteiger partial charge < -0.3 is 20.0 Å². The molecule has 3 aromatic rings. The Morgan fingerprint density at radius 3 is 2.37 bits per heavy atom. The highest BCUT2D eigenvalue weighted by Gasteiger charge is 2.48. The van der Waals surface area contributed by atoms with Crippen molar-refractivity contribution in [2.24, 2.45) is 11.3 Å². The number of carbonyl (C=O) groups is 2. The molecule has 2 heterocycles. The average molecular weight is 656 g/mol. The van der Waals surface area contributed by atoms with Crippen molar-refractivity contribution < 1.29 is 22.8 Å². The van der Waals surface area contributed by atoms with Crippen molar-refractivity contribution in [3.63, 3.8) is 0 Å². The van der Waals surface area contributed by atoms with Crippen LogP contribution in [0.25, 0.3) is 11.0 Å². The van der Waals surface area contributed by atoms with Gasteiger partial charge in [-0.1, -0.05) is 43.0 Å². The van der Waals surface area contributed by atoms with Crippen molar-refractivity contribution in [1.82, 2.24) is 15.5 Å². The molecular formula is C36H44ClF2N3O4. The standard InChI is InChI=1S/C36H44ClF2N3O4/c1-35(2,3)41-34(45)36(24-7-5-4-6-8-24)14-17-42(18-15-36)16-13-27(19-23-9-11-25(37)12-10-23)40-33(44)31-22-30(43)28-20-26(38)21-29(39)32(28)46-31/h9-12,20-22,24,27H,4-8,13-19H2,1-3H3,(H,40,44)(H,41,45)/t27-/m1/s1. The molecule has 0 unspecified atom stereocenters. The van der Waals surface area contributed by atoms with Crippen molar-refractivity contribution >= 4 is 34.4 Å². The number of hydrogen-bond donors (Lipinski definition) is 2. The summed E-state index contributed by atoms with van der Waals surface area (Å²) in [6.07, 6.45) is 8.44. The fourth-order valence-electron chi connectivity index (χ4n) is 7.14. The normalized spacial score (nSPS) is 18.3. The van der Waals surface area contributed by atoms with Gasteiger partial charge in [0.2, 0.25) is 5.91 Å². The molecule has 2 N–H and O–H groups in total. The number of nitrogens with zero attached hydrogens (tertiary/aromatic N) is 1. The van der Waals surface area contributed by atoms with E-state index in [1.165, 1.54) is 19.3 Å². The molecule has 0 spiro atoms. The second-order valence-corrected chi connectivity index (χ2v) is 14.5. The second kappa shape index (κ2) is 14.2. The molecule has 7 nitrogen and oxygen atoms in total. The number of benzene rings is 2. The van der Waals surface area contributed by atoms with Crippen molar-refractivity contribution in [3.8, 4) is 0 Å². The molecule has 46 heavy (non-hydrogen) atoms. The maximum atomic E-state index is 14.4. The third-order valence-corrected chi connectivity index (χ3v) is 9.82. The van der Waals surface area contributed by atoms with E-state index in [0.29, 0.717) is 36.4 Å². The van der Waals surface area contributed by atoms with Crippen LogP contribution in [0, 0.1) is 23.0 Å². The smallest absolute Gasteiger partial charge is 0.287 e. The number of fused-ring (bicyclic) bond motifs is 1. The first-order valence-corrected chi connectivity index (χ1v) is 16.7. The SMILES string of the molecule is CC(C)(C)NC(=O)C1(C2CCCCC2)CCN(CC[C@H](Cc2ccc(Cl)cc2)NC(=O)c2cc(=O)c3cc(F)cc(F)c3o2)CC1. The Kier molecular flexibility index (Phi) is 10.5. The van der Waals surface area contributed by atoms with Gasteiger partial charge >= 0.3 is 0 Å². The van der Waals surface area contributed by atoms with Crippen molar-refractivity contribution in [3.05, 3.63) is 80.7 Å². The van der Waals surface area contributed by atoms with Crippen molar-refractivity contribution in [2.75, 3.05) is 19.6 Å². The number of hydrogen-bond acceptors (Lipinski definition) is 5. The Balaban J connectivity index is 1.30. The number of rotatable bonds is 9. The van der Waals surface area contributed by atoms with Crippen LogP contribution in [0.5, 0.6) is 0 Å². The summed E-state index contributed by atoms with van der Waals surface area (Å²) in [5, 5.41) is 6.61. The van der Waals surface area contributed by atoms with Crippen LogP contribution in [0.1, 0.15) is 88.3 Å². The van der Waals surface area contributed by atoms with E-state index in [1.807, 2.05) is 32.9 Å². The molecule has 1 aliphatic heterocycles. The summed E-state index contributed by atoms with van der Waals surface area (Å²) in [4.78, 5) is 42.1. The first-order chi connectivity index (χ1) is 21.8. The van der Waals surface area contributed by atoms with Gasteiger partial charge in [-0.3, -0.25) is 14.4 Å². The van der Waals surface area contributed by atoms with Crippen LogP contribution in [0.3, 0.4) is 0 Å². The summed E-state index contributed by atoms with van der Waals surface area (Å²) in [6, 6.07) is 9.50. The van der Waals surface area contributed by atoms with Crippen LogP contribution in [-0.2, 0) is 11.2 Å². The lowest BCUT2D eigenvalue weighted by molar-refractivity contribution is -0.141. The molecule has 2 aromatic carbocycles. The largest absolute Gasteiger partial charge is 0.448 e. The third-order valence-electron chi connectivity index (χ3n) is 9.57. The van der Waals surface area contributed by atoms with Crippen molar-refractivity contribution in [2.45, 2.75) is 90.1 Å². The van der Waals surface area contributed by atoms with E-state index >= 15 is 0 Å². The van der Waals surface area contributed by atoms with Crippen LogP contribution < -0.4 is 16.1 Å². The highest BCUT2D eigenvalue weighted by atomic mass is 35.5. The Morgan fingerprint density at radius 1 is 1.04 bits per heavy atom. The zero-order valence-electron chi connectivity index (χ0n) is 26.9. The Morgan fingerprint density at radius 2 is 1.72 bits per heavy atom. The monoisotopic (exact) mass is 655 g/mol. The van der Waals surface area contributed by atoms with Gasteiger partial charge in [0.1, 0.15) is 5.82 Å². The molecule has 5 rings (SSSR count). The van der Waals surface area contributed by atoms with Crippen LogP contribution in [0.2, 0.25) is 5.02 Å². The number of likely N-dealkylation sites (tertiary alicyclic amines) is 1. The lowest BCUT2D eigenvalue weighted by Crippen LogP contribution is -2.56. The van der Waals surface area contributed by atoms with E-state index in [0.717, 1.165) is 56.5 Å². The summed E-state index contributed by atoms with van der Waals surface area (Å²) in [7, 11) is 0. The summed E-state index contributed by atoms with van der Waals surface area (Å²) >= 11 is 6.10. The van der Waals surface area contributed by atoms with Gasteiger partial charge in [0, 0.05) is 35.3 Å². The lowest BCUT2D eigenvalue weighted by Gasteiger charge is -2.47. The number of nitrogens with one attached hydrogen (secondary N) is 2. The van der Waals surface area contributed by atoms with E-state index in [-0.39, 0.29) is 34.0 Å². The highest BCUT2D eigenvalue weighted by Crippen LogP contribution is 2.46. The number of piperidine rings is 1. The molecular weight excluding hydrogens is 612 g/mol. The minimum Gasteiger partial charge on any atom is -0.448 e. The van der Waals surface area contributed by atoms with E-state index in [9.17, 15) is 23.2 Å². The fraction of sp³-hybridized carbons (Fsp3) is 0.528. The number of amides is 2. The van der Waals surface area contributed by atoms with Gasteiger partial charge in [0.05, 0.1) is 10.8 Å². The molecule has 0 bridgehead atoms. The second-order valence-electron chi connectivity index (χ2n) is 14.1. The highest BCUT2D eigenvalue weighted by molar-refractivity contribution is 6.30. The number of carbonyl (C=O) groups excluding carboxylic acids is 2. The van der Waals surface area contributed by atoms with E-state index < -0.39 is 28.6 Å². The minimum absolute atomic E-state index is 0.176. The quantitative estimate of drug-likeness (QED) is 0.258. The molecule has 1 aliphatic carbocycles. The molecule has 1 saturated carbocycles. The number of halogens is 3. The fourth-order valence-corrected chi connectivity index (χ4v) is 7.26. The van der Waals surface area contributed by atoms with Crippen LogP contribution in [-0.4, -0.2) is 47.9 Å². The first-order valence-electron chi connectivity index (χ1n) is 16.4. The van der Waals surface area contributed by atoms with Gasteiger partial charge in [-0.2, -0.15) is 0 Å². The van der Waals surface area contributed by atoms with Crippen LogP contribution in [0.4, 0.5) is 8.78 Å². The molecule has 248 valence electrons. The summed E-state index contributed by atoms with van der Waals surface area (Å²) in [5.41, 5.74) is -0.866. The Bertz CT molecular complexity index is 1600. The molecule has 10 heteroatoms. The zero-order chi connectivity index (χ0) is 33.1. The van der Waals surface area contributed by atoms with E-state index in [2.05, 4.69) is 15.5 Å². The van der Waals surface area contributed by atoms with Crippen LogP contribution >= 0.6 is 11.6 Å². The lowest BCUT2D eigenvalue weighted by atomic mass is 9.63. The summed E-state index contributed by atoms with van der Waals surface area (Å²) in [5.74, 6) is -2.39. The van der Waals surface area contributed by atoms with Gasteiger partial charge in [0.15, 0.2) is 22.6 Å². The van der Waals surface area contributed by atoms with Gasteiger partial charge in [0.25, 0.3) is 5.91 Å². The maximum absolute atomic E-state index is 14.4. The predicted molar refractivity (Wildman–Crippen MR) is 176 cm³/mol. The van der Waals surface area contributed by atoms with Gasteiger partial charge in [-0.05, 0) is 102 Å². The molecule has 1 atom stereocenters. The van der Waals surface area contributed by atoms with Crippen molar-refractivity contribution in [1.29, 1.82) is 0 Å². The Hall–Kier alpha value is -3.30. The Labute approximate surface area is 274 Å². The van der Waals surface area contributed by atoms with E-state index in [4.69, 9.17) is 16.0 Å². The topological polar surface area (TPSA) is 91.7 Å². The summed E-state index contributed by atoms with van der Waals surface area (Å²) in [6.45, 7) is 8.35. The van der Waals surface area contributed by atoms with Gasteiger partial charge in [-0.25, -0.2) is 8.78 Å². The first kappa shape index (κ1) is 34.0. The molecule has 1 aromatic heterocycles. The minimum atomic E-state index is -1.05. The third kappa shape index (κ3) is 8.15. The summed E-state index contributed by atoms with van der Waals surface area (Å²) < 4.78 is 33.6. The maximum Gasteiger partial charge on any atom is 0.287 e. The molecule has 2 fully saturated rings. The van der Waals surface area contributed by atoms with Crippen LogP contribution in [0.15, 0.2) is 51.7 Å². The molecule has 2 amide bonds. The molecule has 1 saturated heterocycles. The molecule has 0 radical (unpaired) electrons. The van der Waals surface area contributed by atoms with E-state index in [1.54, 1.807) is 12.1 Å². The average Bonchev–Trinajstić information content (AvgIpc) is 3.01. The predicted octanol–water partition coefficient (Wildman–Crippen LogP) is 7.03. The zero-order valence-corrected chi connectivity index (χ0v) is 27.7. The molecule has 2 aliphatic rings. The van der Waals surface area contributed by atoms with Gasteiger partial charge in [-0.15, -0.1) is 0 Å².